The van der Waals surface area contributed by atoms with E-state index in [1.165, 1.54) is 0 Å². The summed E-state index contributed by atoms with van der Waals surface area (Å²) in [5, 5.41) is 0. The number of halogens is 4. The molecule has 0 saturated heterocycles. The lowest BCUT2D eigenvalue weighted by Crippen LogP contribution is -2.14. The lowest BCUT2D eigenvalue weighted by atomic mass is 9.98. The zero-order valence-corrected chi connectivity index (χ0v) is 14.8. The first-order valence-electron chi connectivity index (χ1n) is 5.57. The molecule has 0 saturated carbocycles. The monoisotopic (exact) mass is 449 g/mol. The summed E-state index contributed by atoms with van der Waals surface area (Å²) in [6.45, 7) is 1.99. The Morgan fingerprint density at radius 2 is 1.68 bits per heavy atom. The largest absolute Gasteiger partial charge is 0.320 e. The number of hydrogen-bond donors (Lipinski definition) is 1. The van der Waals surface area contributed by atoms with E-state index in [2.05, 4.69) is 47.8 Å². The molecule has 0 amide bonds. The summed E-state index contributed by atoms with van der Waals surface area (Å²) >= 11 is 10.1. The van der Waals surface area contributed by atoms with Crippen LogP contribution in [-0.2, 0) is 0 Å². The highest BCUT2D eigenvalue weighted by Crippen LogP contribution is 2.33. The second-order valence-corrected chi connectivity index (χ2v) is 6.81. The van der Waals surface area contributed by atoms with E-state index in [0.717, 1.165) is 20.1 Å². The molecule has 0 bridgehead atoms. The van der Waals surface area contributed by atoms with E-state index in [4.69, 9.17) is 5.73 Å². The fourth-order valence-corrected chi connectivity index (χ4v) is 3.28. The Balaban J connectivity index is 2.53. The van der Waals surface area contributed by atoms with Gasteiger partial charge in [-0.3, -0.25) is 0 Å². The molecule has 0 radical (unpaired) electrons. The van der Waals surface area contributed by atoms with Crippen molar-refractivity contribution in [1.29, 1.82) is 0 Å². The van der Waals surface area contributed by atoms with Gasteiger partial charge in [-0.05, 0) is 52.2 Å². The lowest BCUT2D eigenvalue weighted by molar-refractivity contribution is 0.593. The van der Waals surface area contributed by atoms with Gasteiger partial charge >= 0.3 is 0 Å². The third kappa shape index (κ3) is 3.10. The summed E-state index contributed by atoms with van der Waals surface area (Å²) in [5.74, 6) is -0.321. The highest BCUT2D eigenvalue weighted by atomic mass is 79.9. The fraction of sp³-hybridized carbons (Fsp3) is 0.143. The topological polar surface area (TPSA) is 26.0 Å². The van der Waals surface area contributed by atoms with Crippen molar-refractivity contribution in [1.82, 2.24) is 0 Å². The SMILES string of the molecule is Cc1cc(Br)c(C(N)c2cccc(Br)c2F)cc1Br. The maximum atomic E-state index is 14.1. The first-order valence-corrected chi connectivity index (χ1v) is 7.94. The summed E-state index contributed by atoms with van der Waals surface area (Å²) in [6, 6.07) is 8.50. The fourth-order valence-electron chi connectivity index (χ4n) is 1.83. The molecule has 19 heavy (non-hydrogen) atoms. The molecule has 0 aliphatic carbocycles. The van der Waals surface area contributed by atoms with E-state index < -0.39 is 6.04 Å². The van der Waals surface area contributed by atoms with Crippen LogP contribution in [0.3, 0.4) is 0 Å². The molecule has 2 N–H and O–H groups in total. The van der Waals surface area contributed by atoms with Crippen LogP contribution in [0.2, 0.25) is 0 Å². The molecule has 2 aromatic carbocycles. The summed E-state index contributed by atoms with van der Waals surface area (Å²) < 4.78 is 16.3. The number of aryl methyl sites for hydroxylation is 1. The van der Waals surface area contributed by atoms with Crippen molar-refractivity contribution in [2.45, 2.75) is 13.0 Å². The lowest BCUT2D eigenvalue weighted by Gasteiger charge is -2.17. The second kappa shape index (κ2) is 6.04. The van der Waals surface area contributed by atoms with Crippen molar-refractivity contribution >= 4 is 47.8 Å². The van der Waals surface area contributed by atoms with Crippen LogP contribution in [0.25, 0.3) is 0 Å². The number of nitrogens with two attached hydrogens (primary N) is 1. The van der Waals surface area contributed by atoms with Gasteiger partial charge in [-0.2, -0.15) is 0 Å². The minimum atomic E-state index is -0.524. The Morgan fingerprint density at radius 3 is 2.37 bits per heavy atom. The molecular formula is C14H11Br3FN. The highest BCUT2D eigenvalue weighted by Gasteiger charge is 2.18. The van der Waals surface area contributed by atoms with Crippen LogP contribution in [0, 0.1) is 12.7 Å². The van der Waals surface area contributed by atoms with Crippen molar-refractivity contribution in [3.05, 3.63) is 66.3 Å². The third-order valence-corrected chi connectivity index (χ3v) is 5.08. The van der Waals surface area contributed by atoms with E-state index in [9.17, 15) is 4.39 Å². The first-order chi connectivity index (χ1) is 8.91. The quantitative estimate of drug-likeness (QED) is 0.643. The van der Waals surface area contributed by atoms with E-state index >= 15 is 0 Å². The van der Waals surface area contributed by atoms with Gasteiger partial charge in [0.1, 0.15) is 5.82 Å². The zero-order chi connectivity index (χ0) is 14.2. The average Bonchev–Trinajstić information content (AvgIpc) is 2.36. The molecule has 1 atom stereocenters. The smallest absolute Gasteiger partial charge is 0.142 e. The van der Waals surface area contributed by atoms with Gasteiger partial charge < -0.3 is 5.73 Å². The molecule has 0 aliphatic rings. The van der Waals surface area contributed by atoms with Crippen LogP contribution in [-0.4, -0.2) is 0 Å². The maximum Gasteiger partial charge on any atom is 0.142 e. The number of rotatable bonds is 2. The van der Waals surface area contributed by atoms with Crippen molar-refractivity contribution in [3.8, 4) is 0 Å². The van der Waals surface area contributed by atoms with Gasteiger partial charge in [0.05, 0.1) is 10.5 Å². The number of benzene rings is 2. The van der Waals surface area contributed by atoms with E-state index in [1.54, 1.807) is 18.2 Å². The zero-order valence-electron chi connectivity index (χ0n) is 10.1. The molecule has 0 aromatic heterocycles. The predicted octanol–water partition coefficient (Wildman–Crippen LogP) is 5.47. The van der Waals surface area contributed by atoms with Gasteiger partial charge in [0.2, 0.25) is 0 Å². The van der Waals surface area contributed by atoms with Crippen LogP contribution in [0.5, 0.6) is 0 Å². The van der Waals surface area contributed by atoms with Crippen LogP contribution in [0.4, 0.5) is 4.39 Å². The van der Waals surface area contributed by atoms with Crippen LogP contribution >= 0.6 is 47.8 Å². The molecule has 1 unspecified atom stereocenters. The molecule has 1 nitrogen and oxygen atoms in total. The van der Waals surface area contributed by atoms with Gasteiger partial charge in [0.25, 0.3) is 0 Å². The van der Waals surface area contributed by atoms with Gasteiger partial charge in [-0.15, -0.1) is 0 Å². The van der Waals surface area contributed by atoms with Crippen LogP contribution in [0.15, 0.2) is 43.7 Å². The normalized spacial score (nSPS) is 12.5. The average molecular weight is 452 g/mol. The van der Waals surface area contributed by atoms with Gasteiger partial charge in [0.15, 0.2) is 0 Å². The summed E-state index contributed by atoms with van der Waals surface area (Å²) in [4.78, 5) is 0. The van der Waals surface area contributed by atoms with Crippen molar-refractivity contribution < 1.29 is 4.39 Å². The van der Waals surface area contributed by atoms with Crippen LogP contribution < -0.4 is 5.73 Å². The molecule has 0 heterocycles. The molecule has 0 spiro atoms. The summed E-state index contributed by atoms with van der Waals surface area (Å²) in [6.07, 6.45) is 0. The van der Waals surface area contributed by atoms with Crippen molar-refractivity contribution in [3.63, 3.8) is 0 Å². The van der Waals surface area contributed by atoms with E-state index in [1.807, 2.05) is 19.1 Å². The molecule has 2 aromatic rings. The standard InChI is InChI=1S/C14H11Br3FN/c1-7-5-12(17)9(6-11(7)16)14(19)8-3-2-4-10(15)13(8)18/h2-6,14H,19H2,1H3. The molecule has 0 aliphatic heterocycles. The predicted molar refractivity (Wildman–Crippen MR) is 86.7 cm³/mol. The maximum absolute atomic E-state index is 14.1. The van der Waals surface area contributed by atoms with Crippen LogP contribution in [0.1, 0.15) is 22.7 Å². The van der Waals surface area contributed by atoms with E-state index in [0.29, 0.717) is 10.0 Å². The summed E-state index contributed by atoms with van der Waals surface area (Å²) in [5.41, 5.74) is 8.59. The molecule has 100 valence electrons. The van der Waals surface area contributed by atoms with Gasteiger partial charge in [-0.25, -0.2) is 4.39 Å². The van der Waals surface area contributed by atoms with Gasteiger partial charge in [0, 0.05) is 14.5 Å². The highest BCUT2D eigenvalue weighted by molar-refractivity contribution is 9.11. The molecule has 2 rings (SSSR count). The molecular weight excluding hydrogens is 441 g/mol. The Bertz CT molecular complexity index is 628. The minimum absolute atomic E-state index is 0.321. The van der Waals surface area contributed by atoms with Crippen molar-refractivity contribution in [2.24, 2.45) is 5.73 Å². The summed E-state index contributed by atoms with van der Waals surface area (Å²) in [7, 11) is 0. The first kappa shape index (κ1) is 15.2. The molecule has 0 fully saturated rings. The minimum Gasteiger partial charge on any atom is -0.320 e. The third-order valence-electron chi connectivity index (χ3n) is 2.93. The number of hydrogen-bond acceptors (Lipinski definition) is 1. The van der Waals surface area contributed by atoms with Crippen molar-refractivity contribution in [2.75, 3.05) is 0 Å². The Morgan fingerprint density at radius 1 is 1.00 bits per heavy atom. The Labute approximate surface area is 136 Å². The van der Waals surface area contributed by atoms with E-state index in [-0.39, 0.29) is 5.82 Å². The molecule has 5 heteroatoms. The van der Waals surface area contributed by atoms with Gasteiger partial charge in [-0.1, -0.05) is 44.0 Å². The second-order valence-electron chi connectivity index (χ2n) is 4.24. The Hall–Kier alpha value is -0.230. The Kier molecular flexibility index (Phi) is 4.82.